The van der Waals surface area contributed by atoms with E-state index in [1.807, 2.05) is 6.07 Å². The van der Waals surface area contributed by atoms with Crippen LogP contribution in [0.2, 0.25) is 5.02 Å². The van der Waals surface area contributed by atoms with Crippen LogP contribution in [-0.4, -0.2) is 51.2 Å². The monoisotopic (exact) mass is 374 g/mol. The van der Waals surface area contributed by atoms with Gasteiger partial charge in [-0.2, -0.15) is 4.31 Å². The molecular weight excluding hydrogens is 352 g/mol. The van der Waals surface area contributed by atoms with Gasteiger partial charge in [-0.05, 0) is 24.5 Å². The minimum atomic E-state index is -3.40. The fourth-order valence-corrected chi connectivity index (χ4v) is 3.58. The number of amides is 1. The zero-order valence-electron chi connectivity index (χ0n) is 13.7. The molecule has 1 heterocycles. The molecule has 134 valence electrons. The number of halogens is 1. The van der Waals surface area contributed by atoms with E-state index in [1.54, 1.807) is 18.2 Å². The first-order valence-electron chi connectivity index (χ1n) is 7.92. The van der Waals surface area contributed by atoms with Crippen LogP contribution in [0, 0.1) is 5.92 Å². The van der Waals surface area contributed by atoms with Gasteiger partial charge in [-0.1, -0.05) is 29.8 Å². The standard InChI is InChI=1S/C16H23ClN2O4S/c1-24(21,22)19(12-14-4-2-3-5-15(14)17)9-8-18-16(20)13-6-10-23-11-7-13/h2-5,13H,6-12H2,1H3,(H,18,20). The summed E-state index contributed by atoms with van der Waals surface area (Å²) >= 11 is 6.10. The van der Waals surface area contributed by atoms with Gasteiger partial charge in [0.25, 0.3) is 0 Å². The number of sulfonamides is 1. The number of nitrogens with one attached hydrogen (secondary N) is 1. The summed E-state index contributed by atoms with van der Waals surface area (Å²) in [4.78, 5) is 12.1. The fraction of sp³-hybridized carbons (Fsp3) is 0.562. The van der Waals surface area contributed by atoms with E-state index in [9.17, 15) is 13.2 Å². The third-order valence-electron chi connectivity index (χ3n) is 4.03. The Balaban J connectivity index is 1.90. The van der Waals surface area contributed by atoms with Crippen molar-refractivity contribution in [3.63, 3.8) is 0 Å². The van der Waals surface area contributed by atoms with Crippen LogP contribution in [0.4, 0.5) is 0 Å². The number of benzene rings is 1. The van der Waals surface area contributed by atoms with E-state index in [0.29, 0.717) is 31.1 Å². The maximum Gasteiger partial charge on any atom is 0.223 e. The molecule has 0 aromatic heterocycles. The molecule has 0 aliphatic carbocycles. The Kier molecular flexibility index (Phi) is 7.03. The number of rotatable bonds is 7. The number of hydrogen-bond acceptors (Lipinski definition) is 4. The number of ether oxygens (including phenoxy) is 1. The SMILES string of the molecule is CS(=O)(=O)N(CCNC(=O)C1CCOCC1)Cc1ccccc1Cl. The van der Waals surface area contributed by atoms with Crippen LogP contribution in [0.25, 0.3) is 0 Å². The van der Waals surface area contributed by atoms with E-state index >= 15 is 0 Å². The molecule has 0 unspecified atom stereocenters. The molecule has 0 saturated carbocycles. The smallest absolute Gasteiger partial charge is 0.223 e. The highest BCUT2D eigenvalue weighted by molar-refractivity contribution is 7.88. The van der Waals surface area contributed by atoms with Crippen molar-refractivity contribution < 1.29 is 17.9 Å². The van der Waals surface area contributed by atoms with Crippen LogP contribution in [0.3, 0.4) is 0 Å². The van der Waals surface area contributed by atoms with Crippen LogP contribution in [0.15, 0.2) is 24.3 Å². The molecule has 0 bridgehead atoms. The highest BCUT2D eigenvalue weighted by atomic mass is 35.5. The molecule has 2 rings (SSSR count). The lowest BCUT2D eigenvalue weighted by Crippen LogP contribution is -2.40. The van der Waals surface area contributed by atoms with Crippen molar-refractivity contribution in [3.05, 3.63) is 34.9 Å². The topological polar surface area (TPSA) is 75.7 Å². The Bertz CT molecular complexity index is 660. The molecule has 1 aromatic carbocycles. The number of nitrogens with zero attached hydrogens (tertiary/aromatic N) is 1. The zero-order valence-corrected chi connectivity index (χ0v) is 15.3. The molecule has 1 amide bonds. The summed E-state index contributed by atoms with van der Waals surface area (Å²) in [6, 6.07) is 7.13. The fourth-order valence-electron chi connectivity index (χ4n) is 2.59. The van der Waals surface area contributed by atoms with E-state index in [4.69, 9.17) is 16.3 Å². The molecular formula is C16H23ClN2O4S. The lowest BCUT2D eigenvalue weighted by atomic mass is 9.99. The van der Waals surface area contributed by atoms with Crippen LogP contribution in [0.5, 0.6) is 0 Å². The van der Waals surface area contributed by atoms with Gasteiger partial charge in [-0.15, -0.1) is 0 Å². The van der Waals surface area contributed by atoms with E-state index in [2.05, 4.69) is 5.32 Å². The van der Waals surface area contributed by atoms with Gasteiger partial charge in [-0.25, -0.2) is 8.42 Å². The van der Waals surface area contributed by atoms with E-state index in [-0.39, 0.29) is 31.5 Å². The third kappa shape index (κ3) is 5.73. The van der Waals surface area contributed by atoms with Gasteiger partial charge in [0.15, 0.2) is 0 Å². The molecule has 24 heavy (non-hydrogen) atoms. The van der Waals surface area contributed by atoms with Crippen molar-refractivity contribution in [2.75, 3.05) is 32.6 Å². The average Bonchev–Trinajstić information content (AvgIpc) is 2.55. The Morgan fingerprint density at radius 2 is 2.00 bits per heavy atom. The normalized spacial score (nSPS) is 16.3. The molecule has 1 aliphatic heterocycles. The number of carbonyl (C=O) groups is 1. The van der Waals surface area contributed by atoms with E-state index in [0.717, 1.165) is 11.8 Å². The second-order valence-corrected chi connectivity index (χ2v) is 8.26. The summed E-state index contributed by atoms with van der Waals surface area (Å²) in [7, 11) is -3.40. The second kappa shape index (κ2) is 8.80. The van der Waals surface area contributed by atoms with Crippen LogP contribution in [0.1, 0.15) is 18.4 Å². The van der Waals surface area contributed by atoms with Crippen LogP contribution >= 0.6 is 11.6 Å². The summed E-state index contributed by atoms with van der Waals surface area (Å²) in [6.07, 6.45) is 2.58. The second-order valence-electron chi connectivity index (χ2n) is 5.87. The van der Waals surface area contributed by atoms with Crippen molar-refractivity contribution in [2.24, 2.45) is 5.92 Å². The molecule has 0 radical (unpaired) electrons. The summed E-state index contributed by atoms with van der Waals surface area (Å²) < 4.78 is 30.5. The van der Waals surface area contributed by atoms with Gasteiger partial charge >= 0.3 is 0 Å². The molecule has 0 spiro atoms. The summed E-state index contributed by atoms with van der Waals surface area (Å²) in [6.45, 7) is 1.86. The first-order valence-corrected chi connectivity index (χ1v) is 10.1. The van der Waals surface area contributed by atoms with Crippen LogP contribution in [-0.2, 0) is 26.1 Å². The van der Waals surface area contributed by atoms with Crippen molar-refractivity contribution in [3.8, 4) is 0 Å². The zero-order chi connectivity index (χ0) is 17.6. The molecule has 1 saturated heterocycles. The van der Waals surface area contributed by atoms with Crippen molar-refractivity contribution >= 4 is 27.5 Å². The predicted octanol–water partition coefficient (Wildman–Crippen LogP) is 1.64. The van der Waals surface area contributed by atoms with Crippen molar-refractivity contribution in [1.82, 2.24) is 9.62 Å². The number of carbonyl (C=O) groups excluding carboxylic acids is 1. The Labute approximate surface area is 148 Å². The van der Waals surface area contributed by atoms with Gasteiger partial charge in [0.1, 0.15) is 0 Å². The summed E-state index contributed by atoms with van der Waals surface area (Å²) in [5.74, 6) is -0.0847. The molecule has 6 nitrogen and oxygen atoms in total. The summed E-state index contributed by atoms with van der Waals surface area (Å²) in [5, 5.41) is 3.35. The quantitative estimate of drug-likeness (QED) is 0.787. The maximum absolute atomic E-state index is 12.1. The third-order valence-corrected chi connectivity index (χ3v) is 5.64. The Morgan fingerprint density at radius 3 is 2.62 bits per heavy atom. The predicted molar refractivity (Wildman–Crippen MR) is 93.3 cm³/mol. The molecule has 1 aliphatic rings. The Hall–Kier alpha value is -1.15. The largest absolute Gasteiger partial charge is 0.381 e. The lowest BCUT2D eigenvalue weighted by Gasteiger charge is -2.23. The van der Waals surface area contributed by atoms with Gasteiger partial charge in [-0.3, -0.25) is 4.79 Å². The van der Waals surface area contributed by atoms with Crippen molar-refractivity contribution in [1.29, 1.82) is 0 Å². The van der Waals surface area contributed by atoms with Gasteiger partial charge < -0.3 is 10.1 Å². The van der Waals surface area contributed by atoms with Gasteiger partial charge in [0.05, 0.1) is 6.26 Å². The maximum atomic E-state index is 12.1. The molecule has 0 atom stereocenters. The first kappa shape index (κ1) is 19.2. The summed E-state index contributed by atoms with van der Waals surface area (Å²) in [5.41, 5.74) is 0.736. The molecule has 1 N–H and O–H groups in total. The average molecular weight is 375 g/mol. The minimum Gasteiger partial charge on any atom is -0.381 e. The van der Waals surface area contributed by atoms with Gasteiger partial charge in [0.2, 0.25) is 15.9 Å². The highest BCUT2D eigenvalue weighted by Crippen LogP contribution is 2.18. The number of hydrogen-bond donors (Lipinski definition) is 1. The van der Waals surface area contributed by atoms with E-state index in [1.165, 1.54) is 4.31 Å². The van der Waals surface area contributed by atoms with Crippen molar-refractivity contribution in [2.45, 2.75) is 19.4 Å². The molecule has 1 aromatic rings. The highest BCUT2D eigenvalue weighted by Gasteiger charge is 2.22. The lowest BCUT2D eigenvalue weighted by molar-refractivity contribution is -0.127. The first-order chi connectivity index (χ1) is 11.4. The minimum absolute atomic E-state index is 0.0375. The van der Waals surface area contributed by atoms with Crippen LogP contribution < -0.4 is 5.32 Å². The van der Waals surface area contributed by atoms with Gasteiger partial charge in [0, 0.05) is 43.8 Å². The molecule has 1 fully saturated rings. The molecule has 8 heteroatoms. The van der Waals surface area contributed by atoms with E-state index < -0.39 is 10.0 Å². The Morgan fingerprint density at radius 1 is 1.33 bits per heavy atom.